The molecule has 0 fully saturated rings. The quantitative estimate of drug-likeness (QED) is 0.387. The van der Waals surface area contributed by atoms with E-state index < -0.39 is 12.0 Å². The molecule has 0 aliphatic carbocycles. The second kappa shape index (κ2) is 2.64. The molecule has 0 aromatic carbocycles. The fraction of sp³-hybridized carbons (Fsp3) is 0.750. The minimum Gasteiger partial charge on any atom is -0.544 e. The van der Waals surface area contributed by atoms with Crippen molar-refractivity contribution in [3.05, 3.63) is 0 Å². The number of rotatable bonds is 2. The summed E-state index contributed by atoms with van der Waals surface area (Å²) in [6.07, 6.45) is 0. The van der Waals surface area contributed by atoms with Gasteiger partial charge in [-0.25, -0.2) is 0 Å². The molecule has 0 unspecified atom stereocenters. The topological polar surface area (TPSA) is 95.4 Å². The Morgan fingerprint density at radius 3 is 2.00 bits per heavy atom. The van der Waals surface area contributed by atoms with E-state index in [2.05, 4.69) is 11.5 Å². The zero-order valence-corrected chi connectivity index (χ0v) is 4.89. The summed E-state index contributed by atoms with van der Waals surface area (Å²) in [4.78, 5) is 9.93. The van der Waals surface area contributed by atoms with E-state index in [1.54, 1.807) is 6.92 Å². The Morgan fingerprint density at radius 2 is 2.00 bits per heavy atom. The average Bonchev–Trinajstić information content (AvgIpc) is 1.64. The van der Waals surface area contributed by atoms with Gasteiger partial charge in [-0.1, -0.05) is 0 Å². The molecule has 48 valence electrons. The van der Waals surface area contributed by atoms with E-state index in [9.17, 15) is 9.90 Å². The van der Waals surface area contributed by atoms with Crippen LogP contribution in [0.5, 0.6) is 0 Å². The van der Waals surface area contributed by atoms with Crippen LogP contribution in [0.4, 0.5) is 0 Å². The molecule has 2 atom stereocenters. The Balaban J connectivity index is 3.64. The summed E-state index contributed by atoms with van der Waals surface area (Å²) in [5, 5.41) is 9.93. The molecular weight excluding hydrogens is 108 g/mol. The van der Waals surface area contributed by atoms with Crippen LogP contribution >= 0.6 is 0 Å². The minimum atomic E-state index is -1.13. The minimum absolute atomic E-state index is 0.181. The fourth-order valence-corrected chi connectivity index (χ4v) is 0.232. The molecule has 0 aliphatic heterocycles. The van der Waals surface area contributed by atoms with Crippen molar-refractivity contribution in [3.8, 4) is 0 Å². The molecule has 0 radical (unpaired) electrons. The van der Waals surface area contributed by atoms with Crippen molar-refractivity contribution in [1.29, 1.82) is 0 Å². The summed E-state index contributed by atoms with van der Waals surface area (Å²) >= 11 is 0. The lowest BCUT2D eigenvalue weighted by atomic mass is 10.2. The zero-order valence-electron chi connectivity index (χ0n) is 4.89. The molecule has 0 aromatic rings. The van der Waals surface area contributed by atoms with Gasteiger partial charge in [0.2, 0.25) is 0 Å². The summed E-state index contributed by atoms with van der Waals surface area (Å²) in [6.45, 7) is 1.69. The largest absolute Gasteiger partial charge is 0.544 e. The molecule has 0 aromatic heterocycles. The predicted molar refractivity (Wildman–Crippen MR) is 24.0 cm³/mol. The van der Waals surface area contributed by atoms with Crippen LogP contribution in [0.25, 0.3) is 0 Å². The van der Waals surface area contributed by atoms with Crippen molar-refractivity contribution in [2.24, 2.45) is 0 Å². The number of hydrogen-bond acceptors (Lipinski definition) is 2. The summed E-state index contributed by atoms with van der Waals surface area (Å²) in [5.74, 6) is -1.13. The standard InChI is InChI=1S/C4H10N2O2/c1-2(5)3(6)4(7)8/h2-3H,5-6H2,1H3,(H,7,8)/p+1/t2-,3+/m1/s1. The Bertz CT molecular complexity index is 92.0. The predicted octanol–water partition coefficient (Wildman–Crippen LogP) is -4.02. The maximum absolute atomic E-state index is 9.93. The lowest BCUT2D eigenvalue weighted by molar-refractivity contribution is -0.525. The first-order chi connectivity index (χ1) is 3.55. The average molecular weight is 119 g/mol. The van der Waals surface area contributed by atoms with Crippen LogP contribution in [-0.2, 0) is 4.79 Å². The molecule has 8 heavy (non-hydrogen) atoms. The Labute approximate surface area is 47.5 Å². The summed E-state index contributed by atoms with van der Waals surface area (Å²) in [7, 11) is 0. The maximum Gasteiger partial charge on any atom is 0.176 e. The molecule has 0 bridgehead atoms. The van der Waals surface area contributed by atoms with Crippen LogP contribution in [0, 0.1) is 0 Å². The van der Waals surface area contributed by atoms with Gasteiger partial charge in [-0.2, -0.15) is 0 Å². The van der Waals surface area contributed by atoms with E-state index in [1.165, 1.54) is 0 Å². The second-order valence-corrected chi connectivity index (χ2v) is 1.90. The normalized spacial score (nSPS) is 17.4. The van der Waals surface area contributed by atoms with Gasteiger partial charge in [0, 0.05) is 0 Å². The van der Waals surface area contributed by atoms with Crippen LogP contribution in [0.15, 0.2) is 0 Å². The first kappa shape index (κ1) is 7.39. The lowest BCUT2D eigenvalue weighted by Crippen LogP contribution is -2.82. The van der Waals surface area contributed by atoms with Crippen LogP contribution in [-0.4, -0.2) is 18.1 Å². The van der Waals surface area contributed by atoms with Gasteiger partial charge < -0.3 is 21.4 Å². The highest BCUT2D eigenvalue weighted by atomic mass is 16.4. The van der Waals surface area contributed by atoms with Gasteiger partial charge in [-0.15, -0.1) is 0 Å². The molecular formula is C4H11N2O2+. The smallest absolute Gasteiger partial charge is 0.176 e. The Hall–Kier alpha value is -0.610. The van der Waals surface area contributed by atoms with Gasteiger partial charge in [0.25, 0.3) is 0 Å². The van der Waals surface area contributed by atoms with E-state index in [1.807, 2.05) is 0 Å². The number of hydrogen-bond donors (Lipinski definition) is 2. The van der Waals surface area contributed by atoms with Crippen molar-refractivity contribution < 1.29 is 21.4 Å². The van der Waals surface area contributed by atoms with Gasteiger partial charge in [0.05, 0.1) is 0 Å². The maximum atomic E-state index is 9.93. The highest BCUT2D eigenvalue weighted by molar-refractivity contribution is 5.69. The molecule has 0 aliphatic rings. The van der Waals surface area contributed by atoms with Gasteiger partial charge >= 0.3 is 0 Å². The molecule has 0 spiro atoms. The van der Waals surface area contributed by atoms with Crippen molar-refractivity contribution in [2.45, 2.75) is 19.0 Å². The first-order valence-electron chi connectivity index (χ1n) is 2.42. The van der Waals surface area contributed by atoms with Crippen molar-refractivity contribution in [3.63, 3.8) is 0 Å². The molecule has 0 amide bonds. The van der Waals surface area contributed by atoms with Gasteiger partial charge in [-0.3, -0.25) is 0 Å². The van der Waals surface area contributed by atoms with E-state index in [4.69, 9.17) is 0 Å². The third-order valence-corrected chi connectivity index (χ3v) is 0.990. The number of carbonyl (C=O) groups excluding carboxylic acids is 1. The summed E-state index contributed by atoms with van der Waals surface area (Å²) in [5.41, 5.74) is 6.79. The van der Waals surface area contributed by atoms with Crippen LogP contribution < -0.4 is 16.6 Å². The monoisotopic (exact) mass is 119 g/mol. The van der Waals surface area contributed by atoms with Crippen molar-refractivity contribution in [1.82, 2.24) is 0 Å². The first-order valence-corrected chi connectivity index (χ1v) is 2.42. The number of aliphatic carboxylic acids is 1. The highest BCUT2D eigenvalue weighted by Gasteiger charge is 2.14. The number of carbonyl (C=O) groups is 1. The molecule has 6 N–H and O–H groups in total. The molecule has 4 nitrogen and oxygen atoms in total. The van der Waals surface area contributed by atoms with E-state index in [0.717, 1.165) is 0 Å². The van der Waals surface area contributed by atoms with Crippen LogP contribution in [0.1, 0.15) is 6.92 Å². The molecule has 0 saturated heterocycles. The molecule has 4 heteroatoms. The van der Waals surface area contributed by atoms with Crippen molar-refractivity contribution in [2.75, 3.05) is 0 Å². The van der Waals surface area contributed by atoms with Gasteiger partial charge in [0.1, 0.15) is 12.0 Å². The van der Waals surface area contributed by atoms with E-state index >= 15 is 0 Å². The number of quaternary nitrogens is 2. The highest BCUT2D eigenvalue weighted by Crippen LogP contribution is 1.74. The van der Waals surface area contributed by atoms with Gasteiger partial charge in [0.15, 0.2) is 6.04 Å². The van der Waals surface area contributed by atoms with E-state index in [-0.39, 0.29) is 6.04 Å². The second-order valence-electron chi connectivity index (χ2n) is 1.90. The Kier molecular flexibility index (Phi) is 2.44. The molecule has 0 rings (SSSR count). The third-order valence-electron chi connectivity index (χ3n) is 0.990. The molecule has 0 saturated carbocycles. The van der Waals surface area contributed by atoms with Crippen molar-refractivity contribution >= 4 is 5.97 Å². The summed E-state index contributed by atoms with van der Waals surface area (Å²) < 4.78 is 0. The van der Waals surface area contributed by atoms with Gasteiger partial charge in [-0.05, 0) is 6.92 Å². The zero-order chi connectivity index (χ0) is 6.73. The number of carboxylic acids is 1. The van der Waals surface area contributed by atoms with E-state index in [0.29, 0.717) is 0 Å². The third kappa shape index (κ3) is 1.90. The van der Waals surface area contributed by atoms with Crippen LogP contribution in [0.3, 0.4) is 0 Å². The SMILES string of the molecule is C[C@@H]([NH3+])[C@H]([NH3+])C(=O)[O-]. The number of carboxylic acid groups (broad SMARTS) is 1. The molecule has 0 heterocycles. The summed E-state index contributed by atoms with van der Waals surface area (Å²) in [6, 6.07) is -0.866. The fourth-order valence-electron chi connectivity index (χ4n) is 0.232. The lowest BCUT2D eigenvalue weighted by Gasteiger charge is -2.08. The van der Waals surface area contributed by atoms with Crippen LogP contribution in [0.2, 0.25) is 0 Å². The Morgan fingerprint density at radius 1 is 1.62 bits per heavy atom.